The van der Waals surface area contributed by atoms with Crippen LogP contribution in [0.3, 0.4) is 0 Å². The Balaban J connectivity index is 1.68. The average molecular weight is 461 g/mol. The van der Waals surface area contributed by atoms with E-state index < -0.39 is 0 Å². The first kappa shape index (κ1) is 19.2. The van der Waals surface area contributed by atoms with E-state index in [0.29, 0.717) is 21.7 Å². The molecule has 1 fully saturated rings. The first-order valence-corrected chi connectivity index (χ1v) is 10.5. The summed E-state index contributed by atoms with van der Waals surface area (Å²) >= 11 is 9.52. The maximum atomic E-state index is 12.9. The monoisotopic (exact) mass is 459 g/mol. The zero-order valence-electron chi connectivity index (χ0n) is 15.1. The second kappa shape index (κ2) is 8.05. The van der Waals surface area contributed by atoms with Crippen molar-refractivity contribution in [1.29, 1.82) is 0 Å². The summed E-state index contributed by atoms with van der Waals surface area (Å²) in [6.07, 6.45) is 4.15. The Morgan fingerprint density at radius 2 is 1.89 bits per heavy atom. The molecule has 0 atom stereocenters. The van der Waals surface area contributed by atoms with E-state index in [0.717, 1.165) is 35.5 Å². The van der Waals surface area contributed by atoms with E-state index in [1.165, 1.54) is 0 Å². The van der Waals surface area contributed by atoms with Crippen molar-refractivity contribution >= 4 is 44.2 Å². The summed E-state index contributed by atoms with van der Waals surface area (Å²) in [5.41, 5.74) is 1.01. The molecule has 3 aromatic rings. The molecule has 0 aliphatic heterocycles. The number of fused-ring (bicyclic) bond motifs is 1. The highest BCUT2D eigenvalue weighted by molar-refractivity contribution is 9.10. The summed E-state index contributed by atoms with van der Waals surface area (Å²) in [7, 11) is 0. The van der Waals surface area contributed by atoms with Gasteiger partial charge in [-0.15, -0.1) is 0 Å². The van der Waals surface area contributed by atoms with Gasteiger partial charge in [0.05, 0.1) is 34.3 Å². The molecule has 0 saturated heterocycles. The molecule has 1 N–H and O–H groups in total. The largest absolute Gasteiger partial charge is 0.346 e. The van der Waals surface area contributed by atoms with Crippen LogP contribution in [0.25, 0.3) is 10.8 Å². The Hall–Kier alpha value is -2.18. The molecule has 1 heterocycles. The first-order chi connectivity index (χ1) is 13.5. The van der Waals surface area contributed by atoms with Crippen molar-refractivity contribution in [3.8, 4) is 0 Å². The van der Waals surface area contributed by atoms with Gasteiger partial charge in [-0.3, -0.25) is 9.59 Å². The van der Waals surface area contributed by atoms with E-state index in [4.69, 9.17) is 11.6 Å². The van der Waals surface area contributed by atoms with Gasteiger partial charge >= 0.3 is 0 Å². The standard InChI is InChI=1S/C21H19BrClN3O2/c22-13-9-10-18(23)17(11-13)20(27)24-12-19-15-7-3-4-8-16(15)21(28)26(25-19)14-5-1-2-6-14/h3-4,7-11,14H,1-2,5-6,12H2,(H,24,27). The zero-order valence-corrected chi connectivity index (χ0v) is 17.5. The molecule has 0 bridgehead atoms. The van der Waals surface area contributed by atoms with Crippen LogP contribution in [0.5, 0.6) is 0 Å². The van der Waals surface area contributed by atoms with Crippen LogP contribution in [0.15, 0.2) is 51.7 Å². The highest BCUT2D eigenvalue weighted by Gasteiger charge is 2.21. The van der Waals surface area contributed by atoms with Crippen molar-refractivity contribution < 1.29 is 4.79 Å². The van der Waals surface area contributed by atoms with Gasteiger partial charge in [-0.05, 0) is 37.1 Å². The van der Waals surface area contributed by atoms with Gasteiger partial charge in [0.2, 0.25) is 0 Å². The van der Waals surface area contributed by atoms with Gasteiger partial charge in [-0.25, -0.2) is 4.68 Å². The Morgan fingerprint density at radius 1 is 1.18 bits per heavy atom. The smallest absolute Gasteiger partial charge is 0.274 e. The van der Waals surface area contributed by atoms with Crippen molar-refractivity contribution in [3.63, 3.8) is 0 Å². The Morgan fingerprint density at radius 3 is 2.64 bits per heavy atom. The molecule has 1 aliphatic rings. The fraction of sp³-hybridized carbons (Fsp3) is 0.286. The van der Waals surface area contributed by atoms with Crippen molar-refractivity contribution in [2.24, 2.45) is 0 Å². The predicted octanol–water partition coefficient (Wildman–Crippen LogP) is 4.86. The fourth-order valence-electron chi connectivity index (χ4n) is 3.73. The Kier molecular flexibility index (Phi) is 5.51. The number of nitrogens with one attached hydrogen (secondary N) is 1. The van der Waals surface area contributed by atoms with Crippen molar-refractivity contribution in [3.05, 3.63) is 73.6 Å². The summed E-state index contributed by atoms with van der Waals surface area (Å²) in [5, 5.41) is 9.31. The molecular weight excluding hydrogens is 442 g/mol. The minimum Gasteiger partial charge on any atom is -0.346 e. The van der Waals surface area contributed by atoms with E-state index in [-0.39, 0.29) is 24.1 Å². The van der Waals surface area contributed by atoms with E-state index in [9.17, 15) is 9.59 Å². The van der Waals surface area contributed by atoms with Crippen LogP contribution in [-0.4, -0.2) is 15.7 Å². The fourth-order valence-corrected chi connectivity index (χ4v) is 4.30. The van der Waals surface area contributed by atoms with Crippen molar-refractivity contribution in [1.82, 2.24) is 15.1 Å². The number of amides is 1. The third-order valence-electron chi connectivity index (χ3n) is 5.16. The van der Waals surface area contributed by atoms with Crippen LogP contribution < -0.4 is 10.9 Å². The van der Waals surface area contributed by atoms with Crippen LogP contribution in [0.1, 0.15) is 47.8 Å². The van der Waals surface area contributed by atoms with Crippen LogP contribution in [0.2, 0.25) is 5.02 Å². The molecule has 1 aromatic heterocycles. The van der Waals surface area contributed by atoms with Gasteiger partial charge in [0.15, 0.2) is 0 Å². The molecule has 28 heavy (non-hydrogen) atoms. The van der Waals surface area contributed by atoms with Crippen molar-refractivity contribution in [2.45, 2.75) is 38.3 Å². The number of hydrogen-bond donors (Lipinski definition) is 1. The van der Waals surface area contributed by atoms with Crippen molar-refractivity contribution in [2.75, 3.05) is 0 Å². The number of carbonyl (C=O) groups excluding carboxylic acids is 1. The maximum Gasteiger partial charge on any atom is 0.274 e. The number of carbonyl (C=O) groups is 1. The molecular formula is C21H19BrClN3O2. The van der Waals surface area contributed by atoms with E-state index >= 15 is 0 Å². The van der Waals surface area contributed by atoms with E-state index in [1.807, 2.05) is 24.3 Å². The van der Waals surface area contributed by atoms with E-state index in [1.54, 1.807) is 22.9 Å². The highest BCUT2D eigenvalue weighted by atomic mass is 79.9. The lowest BCUT2D eigenvalue weighted by Gasteiger charge is -2.16. The number of hydrogen-bond acceptors (Lipinski definition) is 3. The summed E-state index contributed by atoms with van der Waals surface area (Å²) in [4.78, 5) is 25.5. The molecule has 2 aromatic carbocycles. The van der Waals surface area contributed by atoms with Gasteiger partial charge in [0.25, 0.3) is 11.5 Å². The Labute approximate surface area is 175 Å². The molecule has 1 aliphatic carbocycles. The number of benzene rings is 2. The predicted molar refractivity (Wildman–Crippen MR) is 114 cm³/mol. The molecule has 0 spiro atoms. The van der Waals surface area contributed by atoms with Gasteiger partial charge in [-0.2, -0.15) is 5.10 Å². The summed E-state index contributed by atoms with van der Waals surface area (Å²) < 4.78 is 2.39. The molecule has 7 heteroatoms. The third kappa shape index (κ3) is 3.71. The maximum absolute atomic E-state index is 12.9. The normalized spacial score (nSPS) is 14.5. The topological polar surface area (TPSA) is 64.0 Å². The number of nitrogens with zero attached hydrogens (tertiary/aromatic N) is 2. The van der Waals surface area contributed by atoms with Crippen LogP contribution in [0.4, 0.5) is 0 Å². The number of halogens is 2. The van der Waals surface area contributed by atoms with Gasteiger partial charge < -0.3 is 5.32 Å². The summed E-state index contributed by atoms with van der Waals surface area (Å²) in [6, 6.07) is 12.7. The molecule has 1 saturated carbocycles. The summed E-state index contributed by atoms with van der Waals surface area (Å²) in [5.74, 6) is -0.282. The van der Waals surface area contributed by atoms with Crippen LogP contribution in [-0.2, 0) is 6.54 Å². The number of aromatic nitrogens is 2. The van der Waals surface area contributed by atoms with Crippen LogP contribution in [0, 0.1) is 0 Å². The molecule has 4 rings (SSSR count). The highest BCUT2D eigenvalue weighted by Crippen LogP contribution is 2.28. The van der Waals surface area contributed by atoms with E-state index in [2.05, 4.69) is 26.3 Å². The zero-order chi connectivity index (χ0) is 19.7. The second-order valence-electron chi connectivity index (χ2n) is 6.99. The molecule has 1 amide bonds. The van der Waals surface area contributed by atoms with Crippen LogP contribution >= 0.6 is 27.5 Å². The molecule has 0 unspecified atom stereocenters. The second-order valence-corrected chi connectivity index (χ2v) is 8.31. The lowest BCUT2D eigenvalue weighted by molar-refractivity contribution is 0.0950. The minimum atomic E-state index is -0.282. The SMILES string of the molecule is O=C(NCc1nn(C2CCCC2)c(=O)c2ccccc12)c1cc(Br)ccc1Cl. The molecule has 0 radical (unpaired) electrons. The first-order valence-electron chi connectivity index (χ1n) is 9.28. The minimum absolute atomic E-state index is 0.0624. The molecule has 144 valence electrons. The number of rotatable bonds is 4. The quantitative estimate of drug-likeness (QED) is 0.605. The lowest BCUT2D eigenvalue weighted by atomic mass is 10.1. The average Bonchev–Trinajstić information content (AvgIpc) is 3.24. The van der Waals surface area contributed by atoms with Gasteiger partial charge in [0.1, 0.15) is 0 Å². The molecule has 5 nitrogen and oxygen atoms in total. The van der Waals surface area contributed by atoms with Gasteiger partial charge in [-0.1, -0.05) is 58.6 Å². The summed E-state index contributed by atoms with van der Waals surface area (Å²) in [6.45, 7) is 0.217. The van der Waals surface area contributed by atoms with Gasteiger partial charge in [0, 0.05) is 9.86 Å². The Bertz CT molecular complexity index is 1110. The lowest BCUT2D eigenvalue weighted by Crippen LogP contribution is -2.30. The third-order valence-corrected chi connectivity index (χ3v) is 5.99.